The lowest BCUT2D eigenvalue weighted by atomic mass is 10.3. The average Bonchev–Trinajstić information content (AvgIpc) is 2.95. The second-order valence-corrected chi connectivity index (χ2v) is 5.75. The van der Waals surface area contributed by atoms with Crippen LogP contribution in [0.1, 0.15) is 19.5 Å². The third kappa shape index (κ3) is 4.09. The Balaban J connectivity index is 2.18. The molecular formula is C15H18FN3O2S. The van der Waals surface area contributed by atoms with Crippen LogP contribution in [0.25, 0.3) is 0 Å². The number of hydrogen-bond donors (Lipinski definition) is 2. The number of carbonyl (C=O) groups excluding carboxylic acids is 1. The van der Waals surface area contributed by atoms with Gasteiger partial charge in [0.25, 0.3) is 0 Å². The summed E-state index contributed by atoms with van der Waals surface area (Å²) in [6, 6.07) is 5.69. The lowest BCUT2D eigenvalue weighted by Crippen LogP contribution is -2.28. The zero-order valence-electron chi connectivity index (χ0n) is 12.4. The number of benzene rings is 1. The SMILES string of the molecule is CC(=O)N(c1ccc(F)cc1)c1nc(CN[C@H](C)CO)cs1. The van der Waals surface area contributed by atoms with Gasteiger partial charge in [-0.15, -0.1) is 11.3 Å². The van der Waals surface area contributed by atoms with Gasteiger partial charge in [0.15, 0.2) is 5.13 Å². The predicted octanol–water partition coefficient (Wildman–Crippen LogP) is 2.44. The number of thiazole rings is 1. The molecule has 1 atom stereocenters. The van der Waals surface area contributed by atoms with Crippen LogP contribution in [-0.4, -0.2) is 28.6 Å². The number of rotatable bonds is 6. The molecule has 1 aromatic heterocycles. The minimum atomic E-state index is -0.353. The molecule has 0 saturated heterocycles. The molecule has 1 amide bonds. The van der Waals surface area contributed by atoms with Crippen LogP contribution in [0, 0.1) is 5.82 Å². The van der Waals surface area contributed by atoms with E-state index in [1.54, 1.807) is 12.1 Å². The van der Waals surface area contributed by atoms with Crippen LogP contribution in [-0.2, 0) is 11.3 Å². The second kappa shape index (κ2) is 7.44. The summed E-state index contributed by atoms with van der Waals surface area (Å²) in [6.45, 7) is 3.86. The number of halogens is 1. The molecule has 1 aromatic carbocycles. The largest absolute Gasteiger partial charge is 0.395 e. The summed E-state index contributed by atoms with van der Waals surface area (Å²) < 4.78 is 13.0. The van der Waals surface area contributed by atoms with Gasteiger partial charge in [0.1, 0.15) is 5.82 Å². The summed E-state index contributed by atoms with van der Waals surface area (Å²) in [5.74, 6) is -0.543. The van der Waals surface area contributed by atoms with E-state index in [0.29, 0.717) is 17.4 Å². The molecule has 2 aromatic rings. The zero-order chi connectivity index (χ0) is 16.1. The van der Waals surface area contributed by atoms with Crippen molar-refractivity contribution >= 4 is 28.1 Å². The average molecular weight is 323 g/mol. The molecule has 0 spiro atoms. The summed E-state index contributed by atoms with van der Waals surface area (Å²) in [5, 5.41) is 14.5. The van der Waals surface area contributed by atoms with Gasteiger partial charge in [0, 0.05) is 24.9 Å². The first kappa shape index (κ1) is 16.5. The molecule has 0 aliphatic heterocycles. The molecule has 0 bridgehead atoms. The molecular weight excluding hydrogens is 305 g/mol. The molecule has 0 radical (unpaired) electrons. The van der Waals surface area contributed by atoms with E-state index in [1.165, 1.54) is 35.3 Å². The number of amides is 1. The lowest BCUT2D eigenvalue weighted by molar-refractivity contribution is -0.115. The van der Waals surface area contributed by atoms with Crippen molar-refractivity contribution in [2.75, 3.05) is 11.5 Å². The first-order valence-corrected chi connectivity index (χ1v) is 7.74. The number of carbonyl (C=O) groups is 1. The Labute approximate surface area is 132 Å². The van der Waals surface area contributed by atoms with E-state index in [-0.39, 0.29) is 24.4 Å². The fraction of sp³-hybridized carbons (Fsp3) is 0.333. The summed E-state index contributed by atoms with van der Waals surface area (Å²) in [4.78, 5) is 17.8. The predicted molar refractivity (Wildman–Crippen MR) is 84.7 cm³/mol. The standard InChI is InChI=1S/C15H18FN3O2S/c1-10(8-20)17-7-13-9-22-15(18-13)19(11(2)21)14-5-3-12(16)4-6-14/h3-6,9-10,17,20H,7-8H2,1-2H3/t10-/m1/s1. The van der Waals surface area contributed by atoms with Crippen LogP contribution < -0.4 is 10.2 Å². The van der Waals surface area contributed by atoms with Crippen molar-refractivity contribution in [3.05, 3.63) is 41.2 Å². The summed E-state index contributed by atoms with van der Waals surface area (Å²) >= 11 is 1.34. The monoisotopic (exact) mass is 323 g/mol. The van der Waals surface area contributed by atoms with E-state index in [1.807, 2.05) is 12.3 Å². The van der Waals surface area contributed by atoms with Crippen molar-refractivity contribution in [1.82, 2.24) is 10.3 Å². The zero-order valence-corrected chi connectivity index (χ0v) is 13.2. The number of aromatic nitrogens is 1. The fourth-order valence-electron chi connectivity index (χ4n) is 1.84. The third-order valence-electron chi connectivity index (χ3n) is 3.04. The molecule has 118 valence electrons. The van der Waals surface area contributed by atoms with Gasteiger partial charge in [-0.3, -0.25) is 9.69 Å². The molecule has 22 heavy (non-hydrogen) atoms. The van der Waals surface area contributed by atoms with Gasteiger partial charge in [-0.25, -0.2) is 9.37 Å². The first-order valence-electron chi connectivity index (χ1n) is 6.86. The molecule has 0 aliphatic rings. The number of aliphatic hydroxyl groups is 1. The van der Waals surface area contributed by atoms with Crippen LogP contribution in [0.4, 0.5) is 15.2 Å². The molecule has 1 heterocycles. The van der Waals surface area contributed by atoms with Crippen molar-refractivity contribution in [1.29, 1.82) is 0 Å². The van der Waals surface area contributed by atoms with E-state index in [0.717, 1.165) is 5.69 Å². The summed E-state index contributed by atoms with van der Waals surface area (Å²) in [7, 11) is 0. The summed E-state index contributed by atoms with van der Waals surface area (Å²) in [6.07, 6.45) is 0. The lowest BCUT2D eigenvalue weighted by Gasteiger charge is -2.17. The van der Waals surface area contributed by atoms with Gasteiger partial charge >= 0.3 is 0 Å². The molecule has 0 fully saturated rings. The van der Waals surface area contributed by atoms with E-state index in [9.17, 15) is 9.18 Å². The van der Waals surface area contributed by atoms with E-state index in [2.05, 4.69) is 10.3 Å². The number of anilines is 2. The maximum atomic E-state index is 13.0. The molecule has 0 saturated carbocycles. The second-order valence-electron chi connectivity index (χ2n) is 4.92. The minimum Gasteiger partial charge on any atom is -0.395 e. The van der Waals surface area contributed by atoms with Crippen molar-refractivity contribution < 1.29 is 14.3 Å². The quantitative estimate of drug-likeness (QED) is 0.857. The maximum Gasteiger partial charge on any atom is 0.230 e. The van der Waals surface area contributed by atoms with Gasteiger partial charge in [0.05, 0.1) is 18.0 Å². The van der Waals surface area contributed by atoms with Gasteiger partial charge in [-0.05, 0) is 31.2 Å². The van der Waals surface area contributed by atoms with E-state index in [4.69, 9.17) is 5.11 Å². The number of hydrogen-bond acceptors (Lipinski definition) is 5. The topological polar surface area (TPSA) is 65.5 Å². The first-order chi connectivity index (χ1) is 10.5. The maximum absolute atomic E-state index is 13.0. The highest BCUT2D eigenvalue weighted by atomic mass is 32.1. The molecule has 0 unspecified atom stereocenters. The summed E-state index contributed by atoms with van der Waals surface area (Å²) in [5.41, 5.74) is 1.36. The smallest absolute Gasteiger partial charge is 0.230 e. The van der Waals surface area contributed by atoms with Crippen LogP contribution in [0.15, 0.2) is 29.6 Å². The van der Waals surface area contributed by atoms with Crippen molar-refractivity contribution in [3.63, 3.8) is 0 Å². The molecule has 7 heteroatoms. The van der Waals surface area contributed by atoms with Crippen LogP contribution in [0.5, 0.6) is 0 Å². The van der Waals surface area contributed by atoms with Gasteiger partial charge in [0.2, 0.25) is 5.91 Å². The molecule has 2 N–H and O–H groups in total. The van der Waals surface area contributed by atoms with E-state index < -0.39 is 0 Å². The van der Waals surface area contributed by atoms with Crippen LogP contribution >= 0.6 is 11.3 Å². The Morgan fingerprint density at radius 1 is 1.45 bits per heavy atom. The Kier molecular flexibility index (Phi) is 5.59. The highest BCUT2D eigenvalue weighted by molar-refractivity contribution is 7.14. The Morgan fingerprint density at radius 3 is 2.73 bits per heavy atom. The van der Waals surface area contributed by atoms with Gasteiger partial charge < -0.3 is 10.4 Å². The van der Waals surface area contributed by atoms with Crippen molar-refractivity contribution in [3.8, 4) is 0 Å². The highest BCUT2D eigenvalue weighted by Crippen LogP contribution is 2.29. The van der Waals surface area contributed by atoms with Gasteiger partial charge in [-0.2, -0.15) is 0 Å². The van der Waals surface area contributed by atoms with Crippen LogP contribution in [0.3, 0.4) is 0 Å². The number of nitrogens with zero attached hydrogens (tertiary/aromatic N) is 2. The van der Waals surface area contributed by atoms with Crippen molar-refractivity contribution in [2.45, 2.75) is 26.4 Å². The van der Waals surface area contributed by atoms with Crippen LogP contribution in [0.2, 0.25) is 0 Å². The number of aliphatic hydroxyl groups excluding tert-OH is 1. The highest BCUT2D eigenvalue weighted by Gasteiger charge is 2.18. The normalized spacial score (nSPS) is 12.2. The Bertz CT molecular complexity index is 630. The third-order valence-corrected chi connectivity index (χ3v) is 3.91. The van der Waals surface area contributed by atoms with Gasteiger partial charge in [-0.1, -0.05) is 0 Å². The Hall–Kier alpha value is -1.83. The fourth-order valence-corrected chi connectivity index (χ4v) is 2.73. The van der Waals surface area contributed by atoms with Crippen molar-refractivity contribution in [2.24, 2.45) is 0 Å². The molecule has 5 nitrogen and oxygen atoms in total. The molecule has 0 aliphatic carbocycles. The Morgan fingerprint density at radius 2 is 2.14 bits per heavy atom. The number of nitrogens with one attached hydrogen (secondary N) is 1. The minimum absolute atomic E-state index is 0.0221. The van der Waals surface area contributed by atoms with E-state index >= 15 is 0 Å². The molecule has 2 rings (SSSR count).